The van der Waals surface area contributed by atoms with Crippen LogP contribution >= 0.6 is 12.8 Å². The molecule has 5 heteroatoms. The number of nitrogens with zero attached hydrogens (tertiary/aromatic N) is 2. The van der Waals surface area contributed by atoms with E-state index in [1.54, 1.807) is 0 Å². The molecule has 0 aliphatic rings. The number of alkyl halides is 1. The third kappa shape index (κ3) is 2.64. The van der Waals surface area contributed by atoms with E-state index < -0.39 is 6.67 Å². The molecule has 0 spiro atoms. The molecule has 0 aliphatic heterocycles. The smallest absolute Gasteiger partial charge is 0.181 e. The molecule has 0 aromatic rings. The molecule has 7 heavy (non-hydrogen) atoms. The van der Waals surface area contributed by atoms with E-state index in [9.17, 15) is 4.39 Å². The first-order valence-corrected chi connectivity index (χ1v) is 2.22. The van der Waals surface area contributed by atoms with Crippen molar-refractivity contribution in [3.63, 3.8) is 0 Å². The van der Waals surface area contributed by atoms with Crippen molar-refractivity contribution in [1.82, 2.24) is 0 Å². The highest BCUT2D eigenvalue weighted by atomic mass is 32.1. The second kappa shape index (κ2) is 4.14. The SMILES string of the molecule is FC/C(N=S)=N/S. The number of thiol groups is 1. The first-order chi connectivity index (χ1) is 3.35. The molecule has 0 aromatic heterocycles. The Labute approximate surface area is 51.5 Å². The van der Waals surface area contributed by atoms with E-state index in [1.165, 1.54) is 0 Å². The number of halogens is 1. The first-order valence-electron chi connectivity index (χ1n) is 1.45. The lowest BCUT2D eigenvalue weighted by molar-refractivity contribution is 0.580. The van der Waals surface area contributed by atoms with Gasteiger partial charge < -0.3 is 0 Å². The van der Waals surface area contributed by atoms with E-state index in [0.29, 0.717) is 0 Å². The largest absolute Gasteiger partial charge is 0.242 e. The third-order valence-corrected chi connectivity index (χ3v) is 0.782. The van der Waals surface area contributed by atoms with E-state index in [4.69, 9.17) is 0 Å². The van der Waals surface area contributed by atoms with Crippen LogP contribution in [0.15, 0.2) is 8.76 Å². The molecule has 0 aliphatic carbocycles. The minimum atomic E-state index is -0.743. The zero-order chi connectivity index (χ0) is 5.70. The fourth-order valence-electron chi connectivity index (χ4n) is 0.0694. The molecule has 0 aromatic carbocycles. The Balaban J connectivity index is 3.60. The van der Waals surface area contributed by atoms with Gasteiger partial charge in [-0.1, -0.05) is 0 Å². The Morgan fingerprint density at radius 2 is 2.43 bits per heavy atom. The van der Waals surface area contributed by atoms with E-state index in [2.05, 4.69) is 34.0 Å². The highest BCUT2D eigenvalue weighted by molar-refractivity contribution is 7.79. The molecule has 0 bridgehead atoms. The fraction of sp³-hybridized carbons (Fsp3) is 0.500. The van der Waals surface area contributed by atoms with Crippen LogP contribution in [0.25, 0.3) is 0 Å². The lowest BCUT2D eigenvalue weighted by Gasteiger charge is -1.80. The lowest BCUT2D eigenvalue weighted by atomic mass is 10.7. The minimum Gasteiger partial charge on any atom is -0.242 e. The molecule has 0 saturated heterocycles. The summed E-state index contributed by atoms with van der Waals surface area (Å²) in [5.74, 6) is -0.0571. The first kappa shape index (κ1) is 6.97. The molecule has 0 rings (SSSR count). The van der Waals surface area contributed by atoms with Gasteiger partial charge >= 0.3 is 0 Å². The molecule has 0 fully saturated rings. The molecule has 0 amide bonds. The Morgan fingerprint density at radius 3 is 2.43 bits per heavy atom. The molecule has 0 N–H and O–H groups in total. The van der Waals surface area contributed by atoms with E-state index in [-0.39, 0.29) is 5.84 Å². The van der Waals surface area contributed by atoms with Gasteiger partial charge in [0.15, 0.2) is 12.5 Å². The summed E-state index contributed by atoms with van der Waals surface area (Å²) in [7, 11) is 0. The molecule has 0 radical (unpaired) electrons. The summed E-state index contributed by atoms with van der Waals surface area (Å²) in [5, 5.41) is 0. The Hall–Kier alpha value is -0.0300. The predicted octanol–water partition coefficient (Wildman–Crippen LogP) is 0.930. The maximum Gasteiger partial charge on any atom is 0.181 e. The van der Waals surface area contributed by atoms with Crippen LogP contribution in [0, 0.1) is 0 Å². The molecule has 40 valence electrons. The number of hydrogen-bond donors (Lipinski definition) is 1. The molecule has 0 unspecified atom stereocenters. The van der Waals surface area contributed by atoms with Crippen molar-refractivity contribution in [3.05, 3.63) is 0 Å². The Bertz CT molecular complexity index is 91.7. The number of amidine groups is 1. The molecule has 2 nitrogen and oxygen atoms in total. The number of hydrogen-bond acceptors (Lipinski definition) is 3. The highest BCUT2D eigenvalue weighted by Gasteiger charge is 1.87. The summed E-state index contributed by atoms with van der Waals surface area (Å²) in [5.41, 5.74) is 0. The summed E-state index contributed by atoms with van der Waals surface area (Å²) in [4.78, 5) is 0. The van der Waals surface area contributed by atoms with Crippen molar-refractivity contribution >= 4 is 31.1 Å². The van der Waals surface area contributed by atoms with Crippen LogP contribution in [0.4, 0.5) is 4.39 Å². The monoisotopic (exact) mass is 138 g/mol. The topological polar surface area (TPSA) is 24.7 Å². The summed E-state index contributed by atoms with van der Waals surface area (Å²) in [6, 6.07) is 0. The normalized spacial score (nSPS) is 11.4. The van der Waals surface area contributed by atoms with Crippen LogP contribution in [0.2, 0.25) is 0 Å². The summed E-state index contributed by atoms with van der Waals surface area (Å²) in [6.07, 6.45) is 0. The fourth-order valence-corrected chi connectivity index (χ4v) is 0.318. The van der Waals surface area contributed by atoms with Gasteiger partial charge in [-0.25, -0.2) is 8.79 Å². The van der Waals surface area contributed by atoms with Crippen LogP contribution in [0.3, 0.4) is 0 Å². The zero-order valence-electron chi connectivity index (χ0n) is 3.33. The van der Waals surface area contributed by atoms with Crippen molar-refractivity contribution in [1.29, 1.82) is 0 Å². The molecular formula is C2H3FN2S2. The van der Waals surface area contributed by atoms with Crippen molar-refractivity contribution < 1.29 is 4.39 Å². The van der Waals surface area contributed by atoms with Crippen molar-refractivity contribution in [2.45, 2.75) is 0 Å². The second-order valence-corrected chi connectivity index (χ2v) is 1.12. The van der Waals surface area contributed by atoms with E-state index >= 15 is 0 Å². The van der Waals surface area contributed by atoms with Crippen LogP contribution in [-0.4, -0.2) is 12.5 Å². The molecule has 0 atom stereocenters. The van der Waals surface area contributed by atoms with Gasteiger partial charge in [-0.15, -0.1) is 0 Å². The van der Waals surface area contributed by atoms with Crippen molar-refractivity contribution in [2.75, 3.05) is 6.67 Å². The highest BCUT2D eigenvalue weighted by Crippen LogP contribution is 1.83. The summed E-state index contributed by atoms with van der Waals surface area (Å²) in [6.45, 7) is -0.743. The molecular weight excluding hydrogens is 135 g/mol. The molecule has 0 saturated carbocycles. The summed E-state index contributed by atoms with van der Waals surface area (Å²) < 4.78 is 17.4. The van der Waals surface area contributed by atoms with Gasteiger partial charge in [0.25, 0.3) is 0 Å². The average molecular weight is 138 g/mol. The van der Waals surface area contributed by atoms with Gasteiger partial charge in [-0.05, 0) is 12.8 Å². The van der Waals surface area contributed by atoms with E-state index in [1.807, 2.05) is 0 Å². The number of rotatable bonds is 1. The van der Waals surface area contributed by atoms with Gasteiger partial charge in [-0.3, -0.25) is 0 Å². The predicted molar refractivity (Wildman–Crippen MR) is 32.2 cm³/mol. The average Bonchev–Trinajstić information content (AvgIpc) is 1.72. The van der Waals surface area contributed by atoms with Crippen LogP contribution < -0.4 is 0 Å². The lowest BCUT2D eigenvalue weighted by Crippen LogP contribution is -1.91. The maximum atomic E-state index is 11.3. The van der Waals surface area contributed by atoms with Gasteiger partial charge in [0.1, 0.15) is 0 Å². The minimum absolute atomic E-state index is 0.0571. The van der Waals surface area contributed by atoms with Gasteiger partial charge in [0.05, 0.1) is 0 Å². The standard InChI is InChI=1S/C2H3FN2S2/c3-1-2(4-6)5-7/h6H,1H2/b4-2-. The third-order valence-electron chi connectivity index (χ3n) is 0.340. The van der Waals surface area contributed by atoms with Crippen LogP contribution in [0.1, 0.15) is 0 Å². The Morgan fingerprint density at radius 1 is 1.86 bits per heavy atom. The second-order valence-electron chi connectivity index (χ2n) is 0.741. The Kier molecular flexibility index (Phi) is 4.12. The van der Waals surface area contributed by atoms with Crippen LogP contribution in [-0.2, 0) is 12.4 Å². The summed E-state index contributed by atoms with van der Waals surface area (Å²) >= 11 is 7.44. The zero-order valence-corrected chi connectivity index (χ0v) is 5.05. The van der Waals surface area contributed by atoms with Crippen LogP contribution in [0.5, 0.6) is 0 Å². The van der Waals surface area contributed by atoms with E-state index in [0.717, 1.165) is 0 Å². The maximum absolute atomic E-state index is 11.3. The van der Waals surface area contributed by atoms with Gasteiger partial charge in [0, 0.05) is 12.4 Å². The van der Waals surface area contributed by atoms with Gasteiger partial charge in [-0.2, -0.15) is 4.36 Å². The van der Waals surface area contributed by atoms with Crippen molar-refractivity contribution in [3.8, 4) is 0 Å². The van der Waals surface area contributed by atoms with Crippen molar-refractivity contribution in [2.24, 2.45) is 8.76 Å². The molecule has 0 heterocycles. The van der Waals surface area contributed by atoms with Gasteiger partial charge in [0.2, 0.25) is 0 Å². The quantitative estimate of drug-likeness (QED) is 0.325.